The standard InChI is InChI=1S/C29H27FN2O3/c1-3-28-18-22-19-31-32(25-10-8-24(30)9-11-25)26(22)17-23(28)13-15-29(28,34)14-12-20-6-4-5-7-21(20)16-27(33)35-2/h4-11,17,19,34H,3,13,15-16,18H2,1-2H3/t28?,29-/m0/s1. The zero-order chi connectivity index (χ0) is 24.6. The Morgan fingerprint density at radius 2 is 2.00 bits per heavy atom. The Kier molecular flexibility index (Phi) is 5.82. The van der Waals surface area contributed by atoms with Gasteiger partial charge in [0.15, 0.2) is 0 Å². The molecule has 35 heavy (non-hydrogen) atoms. The molecule has 2 aliphatic carbocycles. The minimum atomic E-state index is -1.21. The first-order valence-electron chi connectivity index (χ1n) is 11.8. The van der Waals surface area contributed by atoms with Crippen molar-refractivity contribution in [1.82, 2.24) is 9.78 Å². The van der Waals surface area contributed by atoms with Crippen LogP contribution in [0.1, 0.15) is 48.6 Å². The summed E-state index contributed by atoms with van der Waals surface area (Å²) in [5.41, 5.74) is 3.74. The fourth-order valence-electron chi connectivity index (χ4n) is 5.51. The summed E-state index contributed by atoms with van der Waals surface area (Å²) in [5, 5.41) is 16.5. The molecule has 0 saturated heterocycles. The molecule has 0 radical (unpaired) electrons. The number of carbonyl (C=O) groups excluding carboxylic acids is 1. The summed E-state index contributed by atoms with van der Waals surface area (Å²) < 4.78 is 20.1. The Labute approximate surface area is 204 Å². The van der Waals surface area contributed by atoms with E-state index in [1.165, 1.54) is 19.2 Å². The lowest BCUT2D eigenvalue weighted by atomic mass is 9.64. The van der Waals surface area contributed by atoms with Crippen LogP contribution in [0.4, 0.5) is 4.39 Å². The second-order valence-corrected chi connectivity index (χ2v) is 9.25. The number of methoxy groups -OCH3 is 1. The summed E-state index contributed by atoms with van der Waals surface area (Å²) in [5.74, 6) is 5.79. The second kappa shape index (κ2) is 8.83. The Balaban J connectivity index is 1.51. The number of rotatable bonds is 4. The predicted octanol–water partition coefficient (Wildman–Crippen LogP) is 4.64. The summed E-state index contributed by atoms with van der Waals surface area (Å²) in [4.78, 5) is 11.8. The third kappa shape index (κ3) is 3.86. The molecule has 2 atom stereocenters. The van der Waals surface area contributed by atoms with Crippen LogP contribution in [-0.2, 0) is 22.4 Å². The van der Waals surface area contributed by atoms with Gasteiger partial charge in [0.2, 0.25) is 0 Å². The number of nitrogens with zero attached hydrogens (tertiary/aromatic N) is 2. The number of benzene rings is 2. The molecule has 1 aromatic heterocycles. The number of halogens is 1. The Morgan fingerprint density at radius 3 is 2.74 bits per heavy atom. The molecular weight excluding hydrogens is 443 g/mol. The molecule has 1 fully saturated rings. The van der Waals surface area contributed by atoms with E-state index in [2.05, 4.69) is 29.9 Å². The molecule has 0 spiro atoms. The van der Waals surface area contributed by atoms with Crippen molar-refractivity contribution in [2.75, 3.05) is 7.11 Å². The maximum atomic E-state index is 13.4. The van der Waals surface area contributed by atoms with Gasteiger partial charge in [-0.15, -0.1) is 0 Å². The van der Waals surface area contributed by atoms with Crippen LogP contribution in [0.15, 0.2) is 60.3 Å². The van der Waals surface area contributed by atoms with Crippen LogP contribution < -0.4 is 0 Å². The van der Waals surface area contributed by atoms with Crippen LogP contribution in [0.2, 0.25) is 0 Å². The Hall–Kier alpha value is -3.69. The molecule has 1 N–H and O–H groups in total. The molecule has 2 aliphatic rings. The van der Waals surface area contributed by atoms with E-state index in [9.17, 15) is 14.3 Å². The first-order valence-corrected chi connectivity index (χ1v) is 11.8. The van der Waals surface area contributed by atoms with Gasteiger partial charge in [-0.2, -0.15) is 5.10 Å². The van der Waals surface area contributed by atoms with Crippen LogP contribution in [0.5, 0.6) is 0 Å². The summed E-state index contributed by atoms with van der Waals surface area (Å²) in [6.45, 7) is 2.09. The van der Waals surface area contributed by atoms with E-state index in [0.29, 0.717) is 12.8 Å². The fraction of sp³-hybridized carbons (Fsp3) is 0.310. The lowest BCUT2D eigenvalue weighted by Gasteiger charge is -2.41. The van der Waals surface area contributed by atoms with Gasteiger partial charge < -0.3 is 9.84 Å². The summed E-state index contributed by atoms with van der Waals surface area (Å²) in [6, 6.07) is 13.7. The molecule has 5 rings (SSSR count). The molecule has 5 nitrogen and oxygen atoms in total. The highest BCUT2D eigenvalue weighted by molar-refractivity contribution is 5.73. The van der Waals surface area contributed by atoms with Crippen molar-refractivity contribution >= 4 is 12.0 Å². The molecule has 1 saturated carbocycles. The van der Waals surface area contributed by atoms with Gasteiger partial charge in [-0.05, 0) is 73.2 Å². The number of carbonyl (C=O) groups is 1. The van der Waals surface area contributed by atoms with Gasteiger partial charge in [0.1, 0.15) is 11.4 Å². The lowest BCUT2D eigenvalue weighted by Crippen LogP contribution is -2.46. The van der Waals surface area contributed by atoms with Gasteiger partial charge in [-0.3, -0.25) is 4.79 Å². The molecule has 6 heteroatoms. The number of fused-ring (bicyclic) bond motifs is 2. The van der Waals surface area contributed by atoms with Crippen LogP contribution in [0.3, 0.4) is 0 Å². The second-order valence-electron chi connectivity index (χ2n) is 9.25. The van der Waals surface area contributed by atoms with Crippen molar-refractivity contribution < 1.29 is 19.0 Å². The molecule has 0 bridgehead atoms. The third-order valence-corrected chi connectivity index (χ3v) is 7.51. The molecule has 2 aromatic carbocycles. The molecular formula is C29H27FN2O3. The monoisotopic (exact) mass is 470 g/mol. The molecule has 178 valence electrons. The number of aromatic nitrogens is 2. The smallest absolute Gasteiger partial charge is 0.310 e. The minimum Gasteiger partial charge on any atom is -0.469 e. The van der Waals surface area contributed by atoms with Crippen molar-refractivity contribution in [3.63, 3.8) is 0 Å². The quantitative estimate of drug-likeness (QED) is 0.446. The topological polar surface area (TPSA) is 64.3 Å². The van der Waals surface area contributed by atoms with E-state index in [1.54, 1.807) is 12.1 Å². The lowest BCUT2D eigenvalue weighted by molar-refractivity contribution is -0.139. The molecule has 0 amide bonds. The van der Waals surface area contributed by atoms with E-state index in [1.807, 2.05) is 35.1 Å². The van der Waals surface area contributed by atoms with Crippen molar-refractivity contribution in [3.8, 4) is 17.5 Å². The van der Waals surface area contributed by atoms with Gasteiger partial charge in [0, 0.05) is 11.0 Å². The van der Waals surface area contributed by atoms with Crippen LogP contribution in [0, 0.1) is 23.1 Å². The van der Waals surface area contributed by atoms with Crippen LogP contribution >= 0.6 is 0 Å². The SMILES string of the molecule is CCC12Cc3cnn(-c4ccc(F)cc4)c3C=C1CC[C@@]2(O)C#Cc1ccccc1CC(=O)OC. The molecule has 0 aliphatic heterocycles. The van der Waals surface area contributed by atoms with E-state index in [0.717, 1.165) is 46.5 Å². The normalized spacial score (nSPS) is 22.5. The van der Waals surface area contributed by atoms with Gasteiger partial charge in [0.25, 0.3) is 0 Å². The fourth-order valence-corrected chi connectivity index (χ4v) is 5.51. The average molecular weight is 471 g/mol. The Morgan fingerprint density at radius 1 is 1.23 bits per heavy atom. The molecule has 1 heterocycles. The summed E-state index contributed by atoms with van der Waals surface area (Å²) in [6.07, 6.45) is 6.72. The first-order chi connectivity index (χ1) is 16.9. The van der Waals surface area contributed by atoms with Crippen molar-refractivity contribution in [2.24, 2.45) is 5.41 Å². The van der Waals surface area contributed by atoms with Gasteiger partial charge in [-0.1, -0.05) is 42.5 Å². The third-order valence-electron chi connectivity index (χ3n) is 7.51. The minimum absolute atomic E-state index is 0.135. The summed E-state index contributed by atoms with van der Waals surface area (Å²) in [7, 11) is 1.37. The number of hydrogen-bond acceptors (Lipinski definition) is 4. The zero-order valence-corrected chi connectivity index (χ0v) is 19.8. The Bertz CT molecular complexity index is 1380. The van der Waals surface area contributed by atoms with Gasteiger partial charge >= 0.3 is 5.97 Å². The number of ether oxygens (including phenoxy) is 1. The highest BCUT2D eigenvalue weighted by Crippen LogP contribution is 2.57. The van der Waals surface area contributed by atoms with Crippen molar-refractivity contribution in [2.45, 2.75) is 44.6 Å². The molecule has 1 unspecified atom stereocenters. The largest absolute Gasteiger partial charge is 0.469 e. The number of hydrogen-bond donors (Lipinski definition) is 1. The zero-order valence-electron chi connectivity index (χ0n) is 19.8. The molecule has 3 aromatic rings. The average Bonchev–Trinajstić information content (AvgIpc) is 3.41. The van der Waals surface area contributed by atoms with E-state index in [4.69, 9.17) is 4.74 Å². The summed E-state index contributed by atoms with van der Waals surface area (Å²) >= 11 is 0. The maximum absolute atomic E-state index is 13.4. The number of aliphatic hydroxyl groups is 1. The van der Waals surface area contributed by atoms with Crippen LogP contribution in [-0.4, -0.2) is 33.6 Å². The van der Waals surface area contributed by atoms with E-state index >= 15 is 0 Å². The highest BCUT2D eigenvalue weighted by atomic mass is 19.1. The van der Waals surface area contributed by atoms with E-state index in [-0.39, 0.29) is 18.2 Å². The van der Waals surface area contributed by atoms with Gasteiger partial charge in [-0.25, -0.2) is 9.07 Å². The highest BCUT2D eigenvalue weighted by Gasteiger charge is 2.56. The first kappa shape index (κ1) is 23.1. The predicted molar refractivity (Wildman–Crippen MR) is 131 cm³/mol. The van der Waals surface area contributed by atoms with Gasteiger partial charge in [0.05, 0.1) is 31.1 Å². The van der Waals surface area contributed by atoms with E-state index < -0.39 is 11.0 Å². The maximum Gasteiger partial charge on any atom is 0.310 e. The number of esters is 1. The van der Waals surface area contributed by atoms with Crippen molar-refractivity contribution in [1.29, 1.82) is 0 Å². The van der Waals surface area contributed by atoms with Crippen molar-refractivity contribution in [3.05, 3.63) is 88.5 Å². The van der Waals surface area contributed by atoms with Crippen LogP contribution in [0.25, 0.3) is 11.8 Å².